The monoisotopic (exact) mass is 220 g/mol. The summed E-state index contributed by atoms with van der Waals surface area (Å²) in [6.45, 7) is 4.93. The Morgan fingerprint density at radius 1 is 1.38 bits per heavy atom. The van der Waals surface area contributed by atoms with Crippen molar-refractivity contribution in [2.24, 2.45) is 5.73 Å². The normalized spacial score (nSPS) is 20.1. The number of cyclic esters (lactones) is 1. The second kappa shape index (κ2) is 4.14. The highest BCUT2D eigenvalue weighted by atomic mass is 16.6. The number of amides is 1. The van der Waals surface area contributed by atoms with Crippen LogP contribution in [0.15, 0.2) is 18.2 Å². The molecule has 16 heavy (non-hydrogen) atoms. The lowest BCUT2D eigenvalue weighted by Crippen LogP contribution is -2.27. The Morgan fingerprint density at radius 2 is 2.00 bits per heavy atom. The lowest BCUT2D eigenvalue weighted by molar-refractivity contribution is 0.145. The first-order chi connectivity index (χ1) is 7.60. The highest BCUT2D eigenvalue weighted by Crippen LogP contribution is 2.23. The van der Waals surface area contributed by atoms with Crippen LogP contribution < -0.4 is 10.6 Å². The summed E-state index contributed by atoms with van der Waals surface area (Å²) in [4.78, 5) is 13.3. The van der Waals surface area contributed by atoms with Gasteiger partial charge in [0.25, 0.3) is 0 Å². The van der Waals surface area contributed by atoms with Crippen LogP contribution in [-0.2, 0) is 4.74 Å². The van der Waals surface area contributed by atoms with Crippen LogP contribution in [0.1, 0.15) is 11.1 Å². The lowest BCUT2D eigenvalue weighted by atomic mass is 10.1. The van der Waals surface area contributed by atoms with Crippen LogP contribution in [-0.4, -0.2) is 25.3 Å². The van der Waals surface area contributed by atoms with E-state index in [4.69, 9.17) is 10.5 Å². The van der Waals surface area contributed by atoms with Crippen molar-refractivity contribution in [3.8, 4) is 0 Å². The van der Waals surface area contributed by atoms with Gasteiger partial charge in [-0.05, 0) is 37.1 Å². The van der Waals surface area contributed by atoms with Gasteiger partial charge in [0.1, 0.15) is 6.10 Å². The molecule has 0 aliphatic carbocycles. The smallest absolute Gasteiger partial charge is 0.414 e. The summed E-state index contributed by atoms with van der Waals surface area (Å²) in [5, 5.41) is 0. The van der Waals surface area contributed by atoms with E-state index in [0.717, 1.165) is 16.8 Å². The number of aryl methyl sites for hydroxylation is 2. The molecule has 1 unspecified atom stereocenters. The molecule has 0 spiro atoms. The van der Waals surface area contributed by atoms with E-state index in [1.165, 1.54) is 0 Å². The first kappa shape index (κ1) is 11.0. The van der Waals surface area contributed by atoms with E-state index < -0.39 is 0 Å². The molecule has 1 fully saturated rings. The lowest BCUT2D eigenvalue weighted by Gasteiger charge is -2.14. The largest absolute Gasteiger partial charge is 0.443 e. The van der Waals surface area contributed by atoms with Gasteiger partial charge in [-0.2, -0.15) is 0 Å². The van der Waals surface area contributed by atoms with E-state index in [9.17, 15) is 4.79 Å². The van der Waals surface area contributed by atoms with Gasteiger partial charge >= 0.3 is 6.09 Å². The molecule has 1 aromatic carbocycles. The van der Waals surface area contributed by atoms with Crippen LogP contribution in [0.5, 0.6) is 0 Å². The zero-order valence-corrected chi connectivity index (χ0v) is 9.56. The molecular formula is C12H16N2O2. The van der Waals surface area contributed by atoms with Crippen molar-refractivity contribution >= 4 is 11.8 Å². The van der Waals surface area contributed by atoms with Crippen LogP contribution in [0.2, 0.25) is 0 Å². The molecule has 4 nitrogen and oxygen atoms in total. The second-order valence-electron chi connectivity index (χ2n) is 4.20. The van der Waals surface area contributed by atoms with Gasteiger partial charge in [-0.3, -0.25) is 4.90 Å². The maximum Gasteiger partial charge on any atom is 0.414 e. The van der Waals surface area contributed by atoms with Gasteiger partial charge in [-0.1, -0.05) is 6.07 Å². The summed E-state index contributed by atoms with van der Waals surface area (Å²) >= 11 is 0. The van der Waals surface area contributed by atoms with Crippen molar-refractivity contribution in [2.75, 3.05) is 18.0 Å². The van der Waals surface area contributed by atoms with E-state index in [1.807, 2.05) is 26.0 Å². The Bertz CT molecular complexity index is 397. The Labute approximate surface area is 95.0 Å². The van der Waals surface area contributed by atoms with Crippen molar-refractivity contribution in [1.29, 1.82) is 0 Å². The van der Waals surface area contributed by atoms with Gasteiger partial charge in [0.05, 0.1) is 6.54 Å². The number of hydrogen-bond acceptors (Lipinski definition) is 3. The van der Waals surface area contributed by atoms with Gasteiger partial charge in [-0.15, -0.1) is 0 Å². The fraction of sp³-hybridized carbons (Fsp3) is 0.417. The zero-order chi connectivity index (χ0) is 11.7. The van der Waals surface area contributed by atoms with Crippen LogP contribution in [0.3, 0.4) is 0 Å². The Balaban J connectivity index is 2.27. The summed E-state index contributed by atoms with van der Waals surface area (Å²) < 4.78 is 5.12. The highest BCUT2D eigenvalue weighted by molar-refractivity contribution is 5.90. The second-order valence-corrected chi connectivity index (χ2v) is 4.20. The van der Waals surface area contributed by atoms with Crippen molar-refractivity contribution < 1.29 is 9.53 Å². The number of carbonyl (C=O) groups is 1. The minimum absolute atomic E-state index is 0.187. The number of anilines is 1. The average Bonchev–Trinajstić information content (AvgIpc) is 2.58. The van der Waals surface area contributed by atoms with E-state index >= 15 is 0 Å². The standard InChI is InChI=1S/C12H16N2O2/c1-8-3-9(2)5-10(4-8)14-7-11(6-13)16-12(14)15/h3-5,11H,6-7,13H2,1-2H3. The van der Waals surface area contributed by atoms with Crippen LogP contribution in [0, 0.1) is 13.8 Å². The topological polar surface area (TPSA) is 55.6 Å². The van der Waals surface area contributed by atoms with Crippen molar-refractivity contribution in [1.82, 2.24) is 0 Å². The van der Waals surface area contributed by atoms with Gasteiger partial charge in [-0.25, -0.2) is 4.79 Å². The third-order valence-electron chi connectivity index (χ3n) is 2.66. The molecule has 2 rings (SSSR count). The van der Waals surface area contributed by atoms with Crippen molar-refractivity contribution in [2.45, 2.75) is 20.0 Å². The summed E-state index contributed by atoms with van der Waals surface area (Å²) in [5.74, 6) is 0. The van der Waals surface area contributed by atoms with Gasteiger partial charge in [0, 0.05) is 12.2 Å². The van der Waals surface area contributed by atoms with E-state index in [-0.39, 0.29) is 12.2 Å². The molecule has 0 radical (unpaired) electrons. The number of carbonyl (C=O) groups excluding carboxylic acids is 1. The predicted octanol–water partition coefficient (Wildman–Crippen LogP) is 1.59. The number of rotatable bonds is 2. The van der Waals surface area contributed by atoms with E-state index in [1.54, 1.807) is 4.90 Å². The Kier molecular flexibility index (Phi) is 2.83. The highest BCUT2D eigenvalue weighted by Gasteiger charge is 2.31. The fourth-order valence-corrected chi connectivity index (χ4v) is 1.96. The predicted molar refractivity (Wildman–Crippen MR) is 62.6 cm³/mol. The summed E-state index contributed by atoms with van der Waals surface area (Å²) in [7, 11) is 0. The number of benzene rings is 1. The molecule has 1 aliphatic rings. The van der Waals surface area contributed by atoms with Gasteiger partial charge in [0.2, 0.25) is 0 Å². The number of nitrogens with two attached hydrogens (primary N) is 1. The average molecular weight is 220 g/mol. The quantitative estimate of drug-likeness (QED) is 0.823. The minimum atomic E-state index is -0.305. The first-order valence-electron chi connectivity index (χ1n) is 5.36. The van der Waals surface area contributed by atoms with Crippen LogP contribution in [0.4, 0.5) is 10.5 Å². The molecule has 4 heteroatoms. The molecule has 86 valence electrons. The molecular weight excluding hydrogens is 204 g/mol. The maximum atomic E-state index is 11.6. The molecule has 1 amide bonds. The third-order valence-corrected chi connectivity index (χ3v) is 2.66. The summed E-state index contributed by atoms with van der Waals surface area (Å²) in [5.41, 5.74) is 8.66. The van der Waals surface area contributed by atoms with Crippen molar-refractivity contribution in [3.05, 3.63) is 29.3 Å². The van der Waals surface area contributed by atoms with Gasteiger partial charge < -0.3 is 10.5 Å². The molecule has 0 bridgehead atoms. The van der Waals surface area contributed by atoms with E-state index in [2.05, 4.69) is 6.07 Å². The van der Waals surface area contributed by atoms with Crippen LogP contribution >= 0.6 is 0 Å². The molecule has 1 aliphatic heterocycles. The molecule has 1 atom stereocenters. The molecule has 0 aromatic heterocycles. The molecule has 0 saturated carbocycles. The third kappa shape index (κ3) is 2.02. The molecule has 2 N–H and O–H groups in total. The Hall–Kier alpha value is -1.55. The maximum absolute atomic E-state index is 11.6. The summed E-state index contributed by atoms with van der Waals surface area (Å²) in [6, 6.07) is 6.03. The zero-order valence-electron chi connectivity index (χ0n) is 9.56. The Morgan fingerprint density at radius 3 is 2.50 bits per heavy atom. The molecule has 1 heterocycles. The fourth-order valence-electron chi connectivity index (χ4n) is 1.96. The van der Waals surface area contributed by atoms with Crippen molar-refractivity contribution in [3.63, 3.8) is 0 Å². The first-order valence-corrected chi connectivity index (χ1v) is 5.36. The minimum Gasteiger partial charge on any atom is -0.443 e. The SMILES string of the molecule is Cc1cc(C)cc(N2CC(CN)OC2=O)c1. The van der Waals surface area contributed by atoms with Gasteiger partial charge in [0.15, 0.2) is 0 Å². The number of hydrogen-bond donors (Lipinski definition) is 1. The molecule has 1 aromatic rings. The van der Waals surface area contributed by atoms with Crippen LogP contribution in [0.25, 0.3) is 0 Å². The molecule has 1 saturated heterocycles. The van der Waals surface area contributed by atoms with E-state index in [0.29, 0.717) is 13.1 Å². The number of nitrogens with zero attached hydrogens (tertiary/aromatic N) is 1. The summed E-state index contributed by atoms with van der Waals surface area (Å²) in [6.07, 6.45) is -0.492. The number of ether oxygens (including phenoxy) is 1.